The minimum atomic E-state index is -0.225. The van der Waals surface area contributed by atoms with Gasteiger partial charge in [-0.2, -0.15) is 0 Å². The molecule has 0 spiro atoms. The van der Waals surface area contributed by atoms with E-state index in [4.69, 9.17) is 0 Å². The third kappa shape index (κ3) is 4.07. The summed E-state index contributed by atoms with van der Waals surface area (Å²) in [6.07, 6.45) is 0. The molecule has 0 unspecified atom stereocenters. The Balaban J connectivity index is 1.29. The van der Waals surface area contributed by atoms with E-state index in [2.05, 4.69) is 202 Å². The standard InChI is InChI=1S/C61H43BN2/c1-32-20-22-50-42(24-32)46-26-34(3)28-48-57(46)63(50)59-53-40-18-12-10-16-38(40)44-30-37(61(5,6)36-14-8-7-9-15-36)31-45-39-17-11-13-19-41(39)54(55(53)52(44)45)60-56(59)62(48)49-29-35(4)27-47-43-25-33(2)21-23-51(43)64(60)58(47)49/h7-31H,1-6H3. The van der Waals surface area contributed by atoms with E-state index in [0.717, 1.165) is 0 Å². The van der Waals surface area contributed by atoms with Crippen molar-refractivity contribution >= 4 is 121 Å². The van der Waals surface area contributed by atoms with E-state index in [9.17, 15) is 0 Å². The Kier molecular flexibility index (Phi) is 6.37. The Bertz CT molecular complexity index is 4070. The summed E-state index contributed by atoms with van der Waals surface area (Å²) in [5.41, 5.74) is 19.8. The number of nitrogens with zero attached hydrogens (tertiary/aromatic N) is 2. The van der Waals surface area contributed by atoms with E-state index < -0.39 is 0 Å². The lowest BCUT2D eigenvalue weighted by molar-refractivity contribution is 0.642. The van der Waals surface area contributed by atoms with Gasteiger partial charge in [-0.15, -0.1) is 0 Å². The van der Waals surface area contributed by atoms with Gasteiger partial charge in [0.15, 0.2) is 0 Å². The monoisotopic (exact) mass is 814 g/mol. The van der Waals surface area contributed by atoms with Crippen molar-refractivity contribution in [3.05, 3.63) is 185 Å². The third-order valence-electron chi connectivity index (χ3n) is 15.8. The van der Waals surface area contributed by atoms with Crippen LogP contribution in [-0.4, -0.2) is 15.8 Å². The van der Waals surface area contributed by atoms with Crippen LogP contribution >= 0.6 is 0 Å². The quantitative estimate of drug-likeness (QED) is 0.0935. The zero-order chi connectivity index (χ0) is 42.7. The first-order chi connectivity index (χ1) is 31.2. The van der Waals surface area contributed by atoms with Gasteiger partial charge in [0, 0.05) is 54.2 Å². The van der Waals surface area contributed by atoms with Crippen LogP contribution in [0.3, 0.4) is 0 Å². The van der Waals surface area contributed by atoms with E-state index >= 15 is 0 Å². The summed E-state index contributed by atoms with van der Waals surface area (Å²) in [6, 6.07) is 59.1. The fraction of sp³-hybridized carbons (Fsp3) is 0.115. The highest BCUT2D eigenvalue weighted by molar-refractivity contribution is 7.01. The summed E-state index contributed by atoms with van der Waals surface area (Å²) in [5.74, 6) is 0. The maximum Gasteiger partial charge on any atom is 0.252 e. The molecular weight excluding hydrogens is 771 g/mol. The van der Waals surface area contributed by atoms with Crippen molar-refractivity contribution < 1.29 is 0 Å². The molecule has 3 heteroatoms. The molecule has 0 fully saturated rings. The second kappa shape index (κ2) is 11.6. The van der Waals surface area contributed by atoms with Crippen LogP contribution in [0.2, 0.25) is 0 Å². The van der Waals surface area contributed by atoms with Gasteiger partial charge in [-0.05, 0) is 141 Å². The predicted octanol–water partition coefficient (Wildman–Crippen LogP) is 13.8. The molecule has 2 aliphatic rings. The first kappa shape index (κ1) is 35.1. The molecule has 2 nitrogen and oxygen atoms in total. The Morgan fingerprint density at radius 1 is 0.359 bits per heavy atom. The van der Waals surface area contributed by atoms with Gasteiger partial charge < -0.3 is 9.13 Å². The number of fused-ring (bicyclic) bond motifs is 18. The highest BCUT2D eigenvalue weighted by atomic mass is 15.0. The molecule has 300 valence electrons. The highest BCUT2D eigenvalue weighted by Crippen LogP contribution is 2.53. The molecule has 2 aliphatic heterocycles. The maximum atomic E-state index is 2.71. The largest absolute Gasteiger partial charge is 0.310 e. The van der Waals surface area contributed by atoms with E-state index in [-0.39, 0.29) is 12.1 Å². The first-order valence-electron chi connectivity index (χ1n) is 23.0. The lowest BCUT2D eigenvalue weighted by atomic mass is 9.33. The molecule has 0 bridgehead atoms. The zero-order valence-corrected chi connectivity index (χ0v) is 36.9. The lowest BCUT2D eigenvalue weighted by Gasteiger charge is -2.37. The summed E-state index contributed by atoms with van der Waals surface area (Å²) >= 11 is 0. The molecule has 0 saturated carbocycles. The molecule has 64 heavy (non-hydrogen) atoms. The molecule has 0 N–H and O–H groups in total. The minimum absolute atomic E-state index is 0.0309. The van der Waals surface area contributed by atoms with Crippen molar-refractivity contribution in [2.75, 3.05) is 0 Å². The van der Waals surface area contributed by atoms with Gasteiger partial charge in [-0.3, -0.25) is 0 Å². The van der Waals surface area contributed by atoms with Gasteiger partial charge in [0.2, 0.25) is 0 Å². The van der Waals surface area contributed by atoms with Crippen molar-refractivity contribution in [1.29, 1.82) is 0 Å². The SMILES string of the molecule is Cc1ccc2c(c1)c1cc(C)cc3c1n2-c1c2c(c4c5ccccc5c5cc(C(C)(C)c6ccccc6)cc6c7ccccc7c1c4c65)-n1c4ccc(C)cc4c4cc(C)cc(c41)B23. The second-order valence-corrected chi connectivity index (χ2v) is 19.9. The highest BCUT2D eigenvalue weighted by Gasteiger charge is 2.44. The van der Waals surface area contributed by atoms with E-state index in [1.54, 1.807) is 0 Å². The van der Waals surface area contributed by atoms with Gasteiger partial charge in [0.05, 0.1) is 22.4 Å². The van der Waals surface area contributed by atoms with Crippen molar-refractivity contribution in [2.45, 2.75) is 47.0 Å². The molecule has 15 rings (SSSR count). The molecule has 11 aromatic carbocycles. The summed E-state index contributed by atoms with van der Waals surface area (Å²) in [6.45, 7) is 13.9. The van der Waals surface area contributed by atoms with Crippen LogP contribution in [0, 0.1) is 27.7 Å². The third-order valence-corrected chi connectivity index (χ3v) is 15.8. The number of hydrogen-bond donors (Lipinski definition) is 0. The number of aryl methyl sites for hydroxylation is 4. The summed E-state index contributed by atoms with van der Waals surface area (Å²) in [4.78, 5) is 0. The minimum Gasteiger partial charge on any atom is -0.310 e. The number of benzene rings is 11. The van der Waals surface area contributed by atoms with Crippen molar-refractivity contribution in [2.24, 2.45) is 0 Å². The van der Waals surface area contributed by atoms with Gasteiger partial charge in [-0.1, -0.05) is 139 Å². The van der Waals surface area contributed by atoms with Crippen LogP contribution in [0.5, 0.6) is 0 Å². The number of rotatable bonds is 2. The van der Waals surface area contributed by atoms with Crippen LogP contribution in [0.4, 0.5) is 0 Å². The van der Waals surface area contributed by atoms with Crippen LogP contribution < -0.4 is 16.4 Å². The number of aromatic nitrogens is 2. The first-order valence-corrected chi connectivity index (χ1v) is 23.0. The molecular formula is C61H43BN2. The molecule has 2 aromatic heterocycles. The van der Waals surface area contributed by atoms with Crippen LogP contribution in [0.1, 0.15) is 47.2 Å². The zero-order valence-electron chi connectivity index (χ0n) is 36.9. The summed E-state index contributed by atoms with van der Waals surface area (Å²) in [7, 11) is 0. The lowest BCUT2D eigenvalue weighted by Crippen LogP contribution is -2.59. The van der Waals surface area contributed by atoms with E-state index in [0.29, 0.717) is 0 Å². The Labute approximate surface area is 371 Å². The summed E-state index contributed by atoms with van der Waals surface area (Å²) < 4.78 is 5.43. The van der Waals surface area contributed by atoms with Gasteiger partial charge in [-0.25, -0.2) is 0 Å². The molecule has 0 atom stereocenters. The van der Waals surface area contributed by atoms with E-state index in [1.165, 1.54) is 159 Å². The van der Waals surface area contributed by atoms with Crippen LogP contribution in [0.25, 0.3) is 109 Å². The maximum absolute atomic E-state index is 2.71. The molecule has 0 radical (unpaired) electrons. The fourth-order valence-corrected chi connectivity index (χ4v) is 13.1. The summed E-state index contributed by atoms with van der Waals surface area (Å²) in [5, 5.41) is 18.7. The topological polar surface area (TPSA) is 9.86 Å². The molecule has 4 heterocycles. The van der Waals surface area contributed by atoms with Gasteiger partial charge in [0.1, 0.15) is 0 Å². The predicted molar refractivity (Wildman–Crippen MR) is 276 cm³/mol. The van der Waals surface area contributed by atoms with Crippen LogP contribution in [0.15, 0.2) is 152 Å². The van der Waals surface area contributed by atoms with Crippen molar-refractivity contribution in [1.82, 2.24) is 9.13 Å². The average molecular weight is 815 g/mol. The Hall–Kier alpha value is -7.36. The second-order valence-electron chi connectivity index (χ2n) is 19.9. The van der Waals surface area contributed by atoms with E-state index in [1.807, 2.05) is 0 Å². The molecule has 0 amide bonds. The van der Waals surface area contributed by atoms with Crippen molar-refractivity contribution in [3.8, 4) is 11.4 Å². The Morgan fingerprint density at radius 2 is 0.812 bits per heavy atom. The fourth-order valence-electron chi connectivity index (χ4n) is 13.1. The smallest absolute Gasteiger partial charge is 0.252 e. The van der Waals surface area contributed by atoms with Gasteiger partial charge in [0.25, 0.3) is 6.71 Å². The molecule has 13 aromatic rings. The van der Waals surface area contributed by atoms with Gasteiger partial charge >= 0.3 is 0 Å². The molecule has 0 saturated heterocycles. The van der Waals surface area contributed by atoms with Crippen LogP contribution in [-0.2, 0) is 5.41 Å². The van der Waals surface area contributed by atoms with Crippen molar-refractivity contribution in [3.63, 3.8) is 0 Å². The molecule has 0 aliphatic carbocycles. The normalized spacial score (nSPS) is 13.4. The number of hydrogen-bond acceptors (Lipinski definition) is 0. The Morgan fingerprint density at radius 3 is 1.31 bits per heavy atom. The average Bonchev–Trinajstić information content (AvgIpc) is 3.80.